The summed E-state index contributed by atoms with van der Waals surface area (Å²) in [7, 11) is 1.56. The highest BCUT2D eigenvalue weighted by Gasteiger charge is 2.33. The van der Waals surface area contributed by atoms with Crippen LogP contribution < -0.4 is 21.3 Å². The van der Waals surface area contributed by atoms with Gasteiger partial charge in [0.1, 0.15) is 35.4 Å². The number of nitrogens with zero attached hydrogens (tertiary/aromatic N) is 1. The van der Waals surface area contributed by atoms with Gasteiger partial charge in [-0.05, 0) is 84.3 Å². The quantitative estimate of drug-likeness (QED) is 0.0838. The number of aliphatic carboxylic acids is 1. The van der Waals surface area contributed by atoms with Crippen LogP contribution in [0, 0.1) is 5.92 Å². The molecule has 2 rings (SSSR count). The van der Waals surface area contributed by atoms with Crippen LogP contribution >= 0.6 is 0 Å². The van der Waals surface area contributed by atoms with Crippen molar-refractivity contribution in [3.05, 3.63) is 71.8 Å². The number of carboxylic acid groups (broad SMARTS) is 1. The molecule has 0 aliphatic carbocycles. The van der Waals surface area contributed by atoms with E-state index in [0.29, 0.717) is 26.1 Å². The molecule has 0 bridgehead atoms. The standard InChI is InChI=1S/C45H69N5O11/c1-31(2)28-35(38(51)46-34(41(54)55)22-16-17-23-50(24-25-59-27-26-58-9)43(57)61-45(6,7)8)47-39(52)36(29-32-18-12-10-13-19-32)48-40(53)37(30-33-20-14-11-15-21-33)49-42(56)60-44(3,4)5/h10-15,18-21,31,34-37H,16-17,22-30H2,1-9H3,(H,46,51)(H,47,52)(H,48,53)(H,49,56)(H,54,55)/t34-,35-,36-,37-/m1/s1. The first-order chi connectivity index (χ1) is 28.7. The Morgan fingerprint density at radius 1 is 0.623 bits per heavy atom. The van der Waals surface area contributed by atoms with Crippen LogP contribution in [0.4, 0.5) is 9.59 Å². The summed E-state index contributed by atoms with van der Waals surface area (Å²) in [4.78, 5) is 81.6. The van der Waals surface area contributed by atoms with Crippen LogP contribution in [0.15, 0.2) is 60.7 Å². The smallest absolute Gasteiger partial charge is 0.410 e. The van der Waals surface area contributed by atoms with E-state index in [0.717, 1.165) is 11.1 Å². The van der Waals surface area contributed by atoms with Crippen LogP contribution in [0.2, 0.25) is 0 Å². The highest BCUT2D eigenvalue weighted by molar-refractivity contribution is 5.95. The third kappa shape index (κ3) is 22.3. The van der Waals surface area contributed by atoms with Gasteiger partial charge < -0.3 is 50.2 Å². The van der Waals surface area contributed by atoms with Gasteiger partial charge in [-0.2, -0.15) is 0 Å². The second kappa shape index (κ2) is 26.2. The molecule has 0 spiro atoms. The molecule has 340 valence electrons. The number of methoxy groups -OCH3 is 1. The van der Waals surface area contributed by atoms with Gasteiger partial charge in [-0.1, -0.05) is 74.5 Å². The molecule has 0 radical (unpaired) electrons. The van der Waals surface area contributed by atoms with Gasteiger partial charge in [0, 0.05) is 33.0 Å². The van der Waals surface area contributed by atoms with E-state index in [4.69, 9.17) is 18.9 Å². The normalized spacial score (nSPS) is 13.5. The fourth-order valence-corrected chi connectivity index (χ4v) is 6.04. The summed E-state index contributed by atoms with van der Waals surface area (Å²) in [6, 6.07) is 13.3. The van der Waals surface area contributed by atoms with Crippen molar-refractivity contribution in [3.63, 3.8) is 0 Å². The molecule has 0 saturated heterocycles. The summed E-state index contributed by atoms with van der Waals surface area (Å²) in [6.45, 7) is 15.7. The van der Waals surface area contributed by atoms with Crippen molar-refractivity contribution >= 4 is 35.9 Å². The van der Waals surface area contributed by atoms with Gasteiger partial charge in [0.15, 0.2) is 0 Å². The Kier molecular flexibility index (Phi) is 22.3. The predicted octanol–water partition coefficient (Wildman–Crippen LogP) is 5.02. The Hall–Kier alpha value is -5.22. The summed E-state index contributed by atoms with van der Waals surface area (Å²) >= 11 is 0. The minimum Gasteiger partial charge on any atom is -0.480 e. The number of carboxylic acids is 1. The van der Waals surface area contributed by atoms with E-state index in [9.17, 15) is 33.9 Å². The van der Waals surface area contributed by atoms with Crippen LogP contribution in [-0.2, 0) is 51.0 Å². The van der Waals surface area contributed by atoms with E-state index in [1.54, 1.807) is 72.9 Å². The van der Waals surface area contributed by atoms with Crippen molar-refractivity contribution < 1.29 is 52.8 Å². The maximum absolute atomic E-state index is 14.1. The molecule has 0 aromatic heterocycles. The van der Waals surface area contributed by atoms with Gasteiger partial charge in [0.25, 0.3) is 0 Å². The Morgan fingerprint density at radius 2 is 1.11 bits per heavy atom. The number of carbonyl (C=O) groups excluding carboxylic acids is 5. The summed E-state index contributed by atoms with van der Waals surface area (Å²) in [6.07, 6.45) is -0.198. The molecule has 2 aromatic rings. The third-order valence-corrected chi connectivity index (χ3v) is 8.92. The van der Waals surface area contributed by atoms with Crippen molar-refractivity contribution in [1.29, 1.82) is 0 Å². The van der Waals surface area contributed by atoms with Crippen molar-refractivity contribution in [1.82, 2.24) is 26.2 Å². The van der Waals surface area contributed by atoms with Gasteiger partial charge >= 0.3 is 18.2 Å². The van der Waals surface area contributed by atoms with E-state index in [2.05, 4.69) is 21.3 Å². The van der Waals surface area contributed by atoms with Gasteiger partial charge in [-0.25, -0.2) is 14.4 Å². The number of hydrogen-bond acceptors (Lipinski definition) is 10. The fourth-order valence-electron chi connectivity index (χ4n) is 6.04. The Balaban J connectivity index is 2.24. The van der Waals surface area contributed by atoms with Crippen LogP contribution in [-0.4, -0.2) is 121 Å². The molecule has 2 aromatic carbocycles. The van der Waals surface area contributed by atoms with E-state index >= 15 is 0 Å². The molecule has 0 unspecified atom stereocenters. The van der Waals surface area contributed by atoms with Crippen LogP contribution in [0.1, 0.15) is 92.2 Å². The monoisotopic (exact) mass is 855 g/mol. The van der Waals surface area contributed by atoms with Crippen LogP contribution in [0.5, 0.6) is 0 Å². The molecule has 5 amide bonds. The molecule has 0 saturated carbocycles. The lowest BCUT2D eigenvalue weighted by Crippen LogP contribution is -2.58. The molecule has 4 atom stereocenters. The van der Waals surface area contributed by atoms with E-state index in [1.807, 2.05) is 50.2 Å². The highest BCUT2D eigenvalue weighted by atomic mass is 16.6. The third-order valence-electron chi connectivity index (χ3n) is 8.92. The molecular formula is C45H69N5O11. The second-order valence-corrected chi connectivity index (χ2v) is 17.3. The molecule has 16 nitrogen and oxygen atoms in total. The van der Waals surface area contributed by atoms with E-state index in [-0.39, 0.29) is 51.3 Å². The number of unbranched alkanes of at least 4 members (excludes halogenated alkanes) is 1. The van der Waals surface area contributed by atoms with Gasteiger partial charge in [0.05, 0.1) is 19.8 Å². The zero-order chi connectivity index (χ0) is 45.6. The number of rotatable bonds is 25. The summed E-state index contributed by atoms with van der Waals surface area (Å²) in [5.41, 5.74) is -0.0679. The largest absolute Gasteiger partial charge is 0.480 e. The lowest BCUT2D eigenvalue weighted by Gasteiger charge is -2.28. The fraction of sp³-hybridized carbons (Fsp3) is 0.600. The maximum atomic E-state index is 14.1. The molecular weight excluding hydrogens is 787 g/mol. The Bertz CT molecular complexity index is 1660. The minimum absolute atomic E-state index is 0.0516. The average molecular weight is 856 g/mol. The molecule has 5 N–H and O–H groups in total. The van der Waals surface area contributed by atoms with Crippen molar-refractivity contribution in [2.45, 2.75) is 129 Å². The van der Waals surface area contributed by atoms with Crippen LogP contribution in [0.3, 0.4) is 0 Å². The summed E-state index contributed by atoms with van der Waals surface area (Å²) in [5.74, 6) is -3.36. The number of carbonyl (C=O) groups is 6. The minimum atomic E-state index is -1.29. The highest BCUT2D eigenvalue weighted by Crippen LogP contribution is 2.14. The molecule has 61 heavy (non-hydrogen) atoms. The lowest BCUT2D eigenvalue weighted by atomic mass is 9.99. The molecule has 0 aliphatic heterocycles. The van der Waals surface area contributed by atoms with Gasteiger partial charge in [-0.15, -0.1) is 0 Å². The average Bonchev–Trinajstić information content (AvgIpc) is 3.16. The zero-order valence-electron chi connectivity index (χ0n) is 37.4. The number of alkyl carbamates (subject to hydrolysis) is 1. The van der Waals surface area contributed by atoms with Crippen molar-refractivity contribution in [3.8, 4) is 0 Å². The zero-order valence-corrected chi connectivity index (χ0v) is 37.4. The van der Waals surface area contributed by atoms with Gasteiger partial charge in [-0.3, -0.25) is 14.4 Å². The number of hydrogen-bond donors (Lipinski definition) is 5. The molecule has 0 heterocycles. The SMILES string of the molecule is COCCOCCN(CCCC[C@@H](NC(=O)[C@@H](CC(C)C)NC(=O)[C@@H](Cc1ccccc1)NC(=O)[C@@H](Cc1ccccc1)NC(=O)OC(C)(C)C)C(=O)O)C(=O)OC(C)(C)C. The van der Waals surface area contributed by atoms with Crippen LogP contribution in [0.25, 0.3) is 0 Å². The van der Waals surface area contributed by atoms with Gasteiger partial charge in [0.2, 0.25) is 17.7 Å². The van der Waals surface area contributed by atoms with E-state index < -0.39 is 71.2 Å². The summed E-state index contributed by atoms with van der Waals surface area (Å²) < 4.78 is 21.5. The molecule has 0 fully saturated rings. The van der Waals surface area contributed by atoms with Crippen molar-refractivity contribution in [2.24, 2.45) is 5.92 Å². The molecule has 16 heteroatoms. The Morgan fingerprint density at radius 3 is 1.61 bits per heavy atom. The second-order valence-electron chi connectivity index (χ2n) is 17.3. The first kappa shape index (κ1) is 51.9. The number of benzene rings is 2. The first-order valence-electron chi connectivity index (χ1n) is 20.9. The first-order valence-corrected chi connectivity index (χ1v) is 20.9. The maximum Gasteiger partial charge on any atom is 0.410 e. The Labute approximate surface area is 361 Å². The number of amides is 5. The number of nitrogens with one attached hydrogen (secondary N) is 4. The topological polar surface area (TPSA) is 211 Å². The van der Waals surface area contributed by atoms with Crippen molar-refractivity contribution in [2.75, 3.05) is 40.0 Å². The molecule has 0 aliphatic rings. The predicted molar refractivity (Wildman–Crippen MR) is 231 cm³/mol. The lowest BCUT2D eigenvalue weighted by molar-refractivity contribution is -0.142. The van der Waals surface area contributed by atoms with E-state index in [1.165, 1.54) is 4.90 Å². The number of ether oxygens (including phenoxy) is 4. The summed E-state index contributed by atoms with van der Waals surface area (Å²) in [5, 5.41) is 20.9.